The number of hydrogen-bond acceptors (Lipinski definition) is 1. The molecule has 0 aromatic heterocycles. The monoisotopic (exact) mass is 299 g/mol. The van der Waals surface area contributed by atoms with Crippen molar-refractivity contribution in [1.29, 1.82) is 0 Å². The molecule has 2 rings (SSSR count). The van der Waals surface area contributed by atoms with Crippen LogP contribution in [0.15, 0.2) is 36.4 Å². The first-order valence-electron chi connectivity index (χ1n) is 7.45. The molecule has 0 atom stereocenters. The van der Waals surface area contributed by atoms with Crippen molar-refractivity contribution in [3.05, 3.63) is 64.7 Å². The van der Waals surface area contributed by atoms with E-state index in [0.717, 1.165) is 24.1 Å². The minimum absolute atomic E-state index is 0.0127. The second-order valence-electron chi connectivity index (χ2n) is 5.26. The predicted molar refractivity (Wildman–Crippen MR) is 86.4 cm³/mol. The minimum atomic E-state index is -0.656. The molecule has 0 unspecified atom stereocenters. The molecule has 2 aromatic carbocycles. The van der Waals surface area contributed by atoms with E-state index in [1.165, 1.54) is 24.8 Å². The van der Waals surface area contributed by atoms with Crippen molar-refractivity contribution in [3.8, 4) is 11.8 Å². The molecule has 2 aromatic rings. The third-order valence-corrected chi connectivity index (χ3v) is 3.45. The van der Waals surface area contributed by atoms with Gasteiger partial charge in [-0.1, -0.05) is 43.7 Å². The molecule has 0 spiro atoms. The van der Waals surface area contributed by atoms with E-state index in [2.05, 4.69) is 18.8 Å². The molecule has 22 heavy (non-hydrogen) atoms. The van der Waals surface area contributed by atoms with E-state index < -0.39 is 11.6 Å². The number of halogens is 2. The first kappa shape index (κ1) is 16.0. The topological polar surface area (TPSA) is 26.0 Å². The van der Waals surface area contributed by atoms with Gasteiger partial charge in [-0.25, -0.2) is 8.78 Å². The van der Waals surface area contributed by atoms with Crippen LogP contribution in [0, 0.1) is 23.5 Å². The Kier molecular flexibility index (Phi) is 5.55. The fourth-order valence-electron chi connectivity index (χ4n) is 2.13. The van der Waals surface area contributed by atoms with Crippen molar-refractivity contribution in [2.45, 2.75) is 32.6 Å². The number of nitrogens with two attached hydrogens (primary N) is 1. The zero-order chi connectivity index (χ0) is 15.9. The normalized spacial score (nSPS) is 10.1. The maximum absolute atomic E-state index is 13.6. The third-order valence-electron chi connectivity index (χ3n) is 3.45. The smallest absolute Gasteiger partial charge is 0.147 e. The average Bonchev–Trinajstić information content (AvgIpc) is 2.51. The van der Waals surface area contributed by atoms with Gasteiger partial charge < -0.3 is 5.73 Å². The van der Waals surface area contributed by atoms with E-state index in [9.17, 15) is 8.78 Å². The Balaban J connectivity index is 2.10. The summed E-state index contributed by atoms with van der Waals surface area (Å²) in [6, 6.07) is 9.84. The largest absolute Gasteiger partial charge is 0.396 e. The lowest BCUT2D eigenvalue weighted by Gasteiger charge is -2.01. The predicted octanol–water partition coefficient (Wildman–Crippen LogP) is 4.68. The molecule has 114 valence electrons. The van der Waals surface area contributed by atoms with Crippen LogP contribution >= 0.6 is 0 Å². The Morgan fingerprint density at radius 1 is 0.955 bits per heavy atom. The summed E-state index contributed by atoms with van der Waals surface area (Å²) >= 11 is 0. The summed E-state index contributed by atoms with van der Waals surface area (Å²) in [4.78, 5) is 0. The molecule has 2 N–H and O–H groups in total. The fourth-order valence-corrected chi connectivity index (χ4v) is 2.13. The number of hydrogen-bond donors (Lipinski definition) is 1. The van der Waals surface area contributed by atoms with Crippen LogP contribution in [0.25, 0.3) is 0 Å². The number of rotatable bonds is 4. The Morgan fingerprint density at radius 2 is 1.68 bits per heavy atom. The van der Waals surface area contributed by atoms with E-state index in [1.807, 2.05) is 24.3 Å². The van der Waals surface area contributed by atoms with Gasteiger partial charge in [0.15, 0.2) is 0 Å². The Hall–Kier alpha value is -2.34. The first-order chi connectivity index (χ1) is 10.6. The number of anilines is 1. The number of aryl methyl sites for hydroxylation is 1. The van der Waals surface area contributed by atoms with Crippen molar-refractivity contribution in [3.63, 3.8) is 0 Å². The van der Waals surface area contributed by atoms with Crippen LogP contribution in [0.1, 0.15) is 42.9 Å². The van der Waals surface area contributed by atoms with E-state index in [-0.39, 0.29) is 11.3 Å². The highest BCUT2D eigenvalue weighted by Crippen LogP contribution is 2.16. The minimum Gasteiger partial charge on any atom is -0.396 e. The van der Waals surface area contributed by atoms with Gasteiger partial charge in [0.05, 0.1) is 11.3 Å². The summed E-state index contributed by atoms with van der Waals surface area (Å²) in [5.74, 6) is 4.23. The molecule has 0 aliphatic heterocycles. The first-order valence-corrected chi connectivity index (χ1v) is 7.45. The lowest BCUT2D eigenvalue weighted by molar-refractivity contribution is 0.601. The van der Waals surface area contributed by atoms with E-state index in [4.69, 9.17) is 5.73 Å². The van der Waals surface area contributed by atoms with Gasteiger partial charge in [0, 0.05) is 11.6 Å². The highest BCUT2D eigenvalue weighted by Gasteiger charge is 2.05. The van der Waals surface area contributed by atoms with Gasteiger partial charge in [-0.2, -0.15) is 0 Å². The van der Waals surface area contributed by atoms with Crippen LogP contribution in [0.4, 0.5) is 14.5 Å². The van der Waals surface area contributed by atoms with E-state index in [0.29, 0.717) is 0 Å². The number of nitrogen functional groups attached to an aromatic ring is 1. The zero-order valence-electron chi connectivity index (χ0n) is 12.6. The molecule has 1 nitrogen and oxygen atoms in total. The van der Waals surface area contributed by atoms with Crippen LogP contribution in [0.2, 0.25) is 0 Å². The SMILES string of the molecule is CCCCCc1ccc(C#Cc2cc(F)c(N)cc2F)cc1. The number of benzene rings is 2. The summed E-state index contributed by atoms with van der Waals surface area (Å²) < 4.78 is 26.9. The zero-order valence-corrected chi connectivity index (χ0v) is 12.6. The summed E-state index contributed by atoms with van der Waals surface area (Å²) in [6.07, 6.45) is 4.66. The molecule has 0 aliphatic rings. The van der Waals surface area contributed by atoms with Gasteiger partial charge in [-0.15, -0.1) is 0 Å². The van der Waals surface area contributed by atoms with Gasteiger partial charge in [0.25, 0.3) is 0 Å². The molecule has 0 aliphatic carbocycles. The summed E-state index contributed by atoms with van der Waals surface area (Å²) in [6.45, 7) is 2.18. The highest BCUT2D eigenvalue weighted by atomic mass is 19.1. The maximum atomic E-state index is 13.6. The maximum Gasteiger partial charge on any atom is 0.147 e. The molecule has 3 heteroatoms. The van der Waals surface area contributed by atoms with Crippen molar-refractivity contribution >= 4 is 5.69 Å². The molecule has 0 heterocycles. The van der Waals surface area contributed by atoms with Gasteiger partial charge >= 0.3 is 0 Å². The summed E-state index contributed by atoms with van der Waals surface area (Å²) in [5.41, 5.74) is 7.15. The van der Waals surface area contributed by atoms with Gasteiger partial charge in [-0.05, 0) is 36.6 Å². The van der Waals surface area contributed by atoms with Crippen LogP contribution in [0.5, 0.6) is 0 Å². The standard InChI is InChI=1S/C19H19F2N/c1-2-3-4-5-14-6-8-15(9-7-14)10-11-16-12-18(21)19(22)13-17(16)20/h6-9,12-13H,2-5,22H2,1H3. The van der Waals surface area contributed by atoms with Crippen LogP contribution in [0.3, 0.4) is 0 Å². The highest BCUT2D eigenvalue weighted by molar-refractivity contribution is 5.49. The second-order valence-corrected chi connectivity index (χ2v) is 5.26. The van der Waals surface area contributed by atoms with Gasteiger partial charge in [0.2, 0.25) is 0 Å². The fraction of sp³-hybridized carbons (Fsp3) is 0.263. The molecule has 0 radical (unpaired) electrons. The van der Waals surface area contributed by atoms with Crippen molar-refractivity contribution in [1.82, 2.24) is 0 Å². The molecular weight excluding hydrogens is 280 g/mol. The number of unbranched alkanes of at least 4 members (excludes halogenated alkanes) is 2. The molecule has 0 bridgehead atoms. The van der Waals surface area contributed by atoms with E-state index in [1.54, 1.807) is 0 Å². The van der Waals surface area contributed by atoms with Crippen molar-refractivity contribution < 1.29 is 8.78 Å². The Bertz CT molecular complexity index is 694. The van der Waals surface area contributed by atoms with Gasteiger partial charge in [0.1, 0.15) is 11.6 Å². The molecule has 0 saturated heterocycles. The van der Waals surface area contributed by atoms with Crippen LogP contribution in [-0.4, -0.2) is 0 Å². The Labute approximate surface area is 130 Å². The van der Waals surface area contributed by atoms with Crippen molar-refractivity contribution in [2.24, 2.45) is 0 Å². The average molecular weight is 299 g/mol. The van der Waals surface area contributed by atoms with Crippen LogP contribution < -0.4 is 5.73 Å². The summed E-state index contributed by atoms with van der Waals surface area (Å²) in [7, 11) is 0. The lowest BCUT2D eigenvalue weighted by atomic mass is 10.1. The molecular formula is C19H19F2N. The van der Waals surface area contributed by atoms with Crippen molar-refractivity contribution in [2.75, 3.05) is 5.73 Å². The van der Waals surface area contributed by atoms with Gasteiger partial charge in [-0.3, -0.25) is 0 Å². The molecule has 0 fully saturated rings. The Morgan fingerprint density at radius 3 is 2.36 bits per heavy atom. The second kappa shape index (κ2) is 7.61. The third kappa shape index (κ3) is 4.33. The lowest BCUT2D eigenvalue weighted by Crippen LogP contribution is -1.94. The van der Waals surface area contributed by atoms with Crippen LogP contribution in [-0.2, 0) is 6.42 Å². The molecule has 0 amide bonds. The summed E-state index contributed by atoms with van der Waals surface area (Å²) in [5, 5.41) is 0. The van der Waals surface area contributed by atoms with E-state index >= 15 is 0 Å². The molecule has 0 saturated carbocycles. The quantitative estimate of drug-likeness (QED) is 0.495.